The highest BCUT2D eigenvalue weighted by molar-refractivity contribution is 9.10. The van der Waals surface area contributed by atoms with E-state index in [1.807, 2.05) is 48.5 Å². The number of rotatable bonds is 5. The van der Waals surface area contributed by atoms with E-state index in [1.54, 1.807) is 12.3 Å². The molecule has 1 heterocycles. The van der Waals surface area contributed by atoms with Crippen molar-refractivity contribution in [3.8, 4) is 0 Å². The molecule has 6 nitrogen and oxygen atoms in total. The Hall–Kier alpha value is -2.45. The van der Waals surface area contributed by atoms with Crippen LogP contribution in [0.4, 0.5) is 5.69 Å². The Morgan fingerprint density at radius 1 is 1.19 bits per heavy atom. The zero-order valence-electron chi connectivity index (χ0n) is 13.6. The fourth-order valence-corrected chi connectivity index (χ4v) is 3.51. The molecule has 0 aromatic heterocycles. The van der Waals surface area contributed by atoms with E-state index >= 15 is 0 Å². The van der Waals surface area contributed by atoms with Gasteiger partial charge < -0.3 is 10.6 Å². The standard InChI is InChI=1S/C18H15BrN4O2S/c19-13-8-4-5-9-14(13)21-16(24)10-15-17(25)22-18(26-15)23-20-11-12-6-2-1-3-7-12/h1-9,11,15H,10H2,(H,21,24)(H,22,23,25)/b20-11+. The maximum Gasteiger partial charge on any atom is 0.240 e. The van der Waals surface area contributed by atoms with Gasteiger partial charge >= 0.3 is 0 Å². The number of carbonyl (C=O) groups excluding carboxylic acids is 2. The predicted octanol–water partition coefficient (Wildman–Crippen LogP) is 3.40. The Morgan fingerprint density at radius 2 is 1.92 bits per heavy atom. The van der Waals surface area contributed by atoms with Gasteiger partial charge in [0.2, 0.25) is 11.8 Å². The number of para-hydroxylation sites is 1. The molecule has 1 unspecified atom stereocenters. The van der Waals surface area contributed by atoms with Crippen LogP contribution < -0.4 is 10.6 Å². The summed E-state index contributed by atoms with van der Waals surface area (Å²) in [7, 11) is 0. The molecule has 1 saturated heterocycles. The molecule has 0 radical (unpaired) electrons. The summed E-state index contributed by atoms with van der Waals surface area (Å²) in [5.74, 6) is -0.482. The molecule has 132 valence electrons. The molecule has 2 aromatic rings. The molecule has 1 atom stereocenters. The SMILES string of the molecule is O=C(CC1S/C(=N\N=C\c2ccccc2)NC1=O)Nc1ccccc1Br. The second kappa shape index (κ2) is 8.77. The summed E-state index contributed by atoms with van der Waals surface area (Å²) >= 11 is 4.57. The molecule has 2 amide bonds. The highest BCUT2D eigenvalue weighted by Crippen LogP contribution is 2.25. The normalized spacial score (nSPS) is 18.3. The van der Waals surface area contributed by atoms with Gasteiger partial charge in [0.25, 0.3) is 0 Å². The van der Waals surface area contributed by atoms with Gasteiger partial charge in [-0.15, -0.1) is 5.10 Å². The average Bonchev–Trinajstić information content (AvgIpc) is 2.97. The summed E-state index contributed by atoms with van der Waals surface area (Å²) in [5.41, 5.74) is 1.58. The summed E-state index contributed by atoms with van der Waals surface area (Å²) in [5, 5.41) is 13.3. The number of amides is 2. The van der Waals surface area contributed by atoms with Crippen LogP contribution in [0.3, 0.4) is 0 Å². The van der Waals surface area contributed by atoms with E-state index in [-0.39, 0.29) is 18.2 Å². The zero-order valence-corrected chi connectivity index (χ0v) is 16.0. The monoisotopic (exact) mass is 430 g/mol. The topological polar surface area (TPSA) is 82.9 Å². The molecule has 0 bridgehead atoms. The summed E-state index contributed by atoms with van der Waals surface area (Å²) < 4.78 is 0.786. The van der Waals surface area contributed by atoms with Crippen LogP contribution in [0.2, 0.25) is 0 Å². The van der Waals surface area contributed by atoms with Crippen LogP contribution in [0.1, 0.15) is 12.0 Å². The smallest absolute Gasteiger partial charge is 0.240 e. The van der Waals surface area contributed by atoms with Crippen LogP contribution in [0, 0.1) is 0 Å². The van der Waals surface area contributed by atoms with E-state index in [0.717, 1.165) is 10.0 Å². The van der Waals surface area contributed by atoms with Crippen molar-refractivity contribution in [1.82, 2.24) is 5.32 Å². The number of amidine groups is 1. The zero-order chi connectivity index (χ0) is 18.4. The van der Waals surface area contributed by atoms with Gasteiger partial charge in [0.1, 0.15) is 5.25 Å². The van der Waals surface area contributed by atoms with Crippen molar-refractivity contribution in [2.75, 3.05) is 5.32 Å². The van der Waals surface area contributed by atoms with E-state index in [0.29, 0.717) is 10.9 Å². The van der Waals surface area contributed by atoms with Crippen molar-refractivity contribution in [1.29, 1.82) is 0 Å². The van der Waals surface area contributed by atoms with Gasteiger partial charge in [0.15, 0.2) is 5.17 Å². The summed E-state index contributed by atoms with van der Waals surface area (Å²) in [6.07, 6.45) is 1.66. The number of carbonyl (C=O) groups is 2. The largest absolute Gasteiger partial charge is 0.325 e. The van der Waals surface area contributed by atoms with Gasteiger partial charge in [-0.3, -0.25) is 9.59 Å². The van der Waals surface area contributed by atoms with Crippen LogP contribution in [0.25, 0.3) is 0 Å². The summed E-state index contributed by atoms with van der Waals surface area (Å²) in [6, 6.07) is 16.8. The second-order valence-corrected chi connectivity index (χ2v) is 7.43. The Morgan fingerprint density at radius 3 is 2.69 bits per heavy atom. The lowest BCUT2D eigenvalue weighted by molar-refractivity contribution is -0.122. The number of nitrogens with one attached hydrogen (secondary N) is 2. The summed E-state index contributed by atoms with van der Waals surface area (Å²) in [4.78, 5) is 24.2. The van der Waals surface area contributed by atoms with E-state index in [4.69, 9.17) is 0 Å². The molecular formula is C18H15BrN4O2S. The van der Waals surface area contributed by atoms with Crippen LogP contribution in [-0.4, -0.2) is 28.4 Å². The Bertz CT molecular complexity index is 871. The van der Waals surface area contributed by atoms with Crippen molar-refractivity contribution in [2.24, 2.45) is 10.2 Å². The molecule has 1 fully saturated rings. The highest BCUT2D eigenvalue weighted by Gasteiger charge is 2.32. The molecule has 26 heavy (non-hydrogen) atoms. The van der Waals surface area contributed by atoms with Gasteiger partial charge in [-0.2, -0.15) is 5.10 Å². The first kappa shape index (κ1) is 18.3. The van der Waals surface area contributed by atoms with Crippen LogP contribution in [-0.2, 0) is 9.59 Å². The molecule has 0 aliphatic carbocycles. The molecule has 2 aromatic carbocycles. The molecule has 1 aliphatic rings. The van der Waals surface area contributed by atoms with Crippen molar-refractivity contribution < 1.29 is 9.59 Å². The molecule has 3 rings (SSSR count). The molecule has 8 heteroatoms. The second-order valence-electron chi connectivity index (χ2n) is 5.39. The Kier molecular flexibility index (Phi) is 6.19. The van der Waals surface area contributed by atoms with Crippen molar-refractivity contribution >= 4 is 56.6 Å². The average molecular weight is 431 g/mol. The summed E-state index contributed by atoms with van der Waals surface area (Å²) in [6.45, 7) is 0. The third kappa shape index (κ3) is 5.03. The van der Waals surface area contributed by atoms with Crippen LogP contribution in [0.5, 0.6) is 0 Å². The van der Waals surface area contributed by atoms with Gasteiger partial charge in [-0.1, -0.05) is 54.2 Å². The number of benzene rings is 2. The number of hydrogen-bond acceptors (Lipinski definition) is 5. The van der Waals surface area contributed by atoms with Gasteiger partial charge in [-0.05, 0) is 33.6 Å². The fraction of sp³-hybridized carbons (Fsp3) is 0.111. The highest BCUT2D eigenvalue weighted by atomic mass is 79.9. The first-order chi connectivity index (χ1) is 12.6. The van der Waals surface area contributed by atoms with Gasteiger partial charge in [0, 0.05) is 10.9 Å². The number of hydrogen-bond donors (Lipinski definition) is 2. The van der Waals surface area contributed by atoms with E-state index in [2.05, 4.69) is 36.8 Å². The number of halogens is 1. The molecule has 0 spiro atoms. The van der Waals surface area contributed by atoms with E-state index in [1.165, 1.54) is 11.8 Å². The third-order valence-electron chi connectivity index (χ3n) is 3.45. The van der Waals surface area contributed by atoms with Crippen molar-refractivity contribution in [3.63, 3.8) is 0 Å². The number of anilines is 1. The quantitative estimate of drug-likeness (QED) is 0.563. The predicted molar refractivity (Wildman–Crippen MR) is 108 cm³/mol. The Labute approximate surface area is 163 Å². The van der Waals surface area contributed by atoms with Gasteiger partial charge in [-0.25, -0.2) is 0 Å². The van der Waals surface area contributed by atoms with Crippen LogP contribution >= 0.6 is 27.7 Å². The minimum atomic E-state index is -0.525. The lowest BCUT2D eigenvalue weighted by Gasteiger charge is -2.08. The Balaban J connectivity index is 1.56. The lowest BCUT2D eigenvalue weighted by Crippen LogP contribution is -2.28. The maximum atomic E-state index is 12.2. The van der Waals surface area contributed by atoms with Gasteiger partial charge in [0.05, 0.1) is 11.9 Å². The molecule has 2 N–H and O–H groups in total. The minimum Gasteiger partial charge on any atom is -0.325 e. The molecule has 1 aliphatic heterocycles. The van der Waals surface area contributed by atoms with Crippen LogP contribution in [0.15, 0.2) is 69.3 Å². The van der Waals surface area contributed by atoms with E-state index < -0.39 is 5.25 Å². The number of thioether (sulfide) groups is 1. The van der Waals surface area contributed by atoms with Crippen molar-refractivity contribution in [3.05, 3.63) is 64.6 Å². The fourth-order valence-electron chi connectivity index (χ4n) is 2.21. The number of nitrogens with zero attached hydrogens (tertiary/aromatic N) is 2. The first-order valence-corrected chi connectivity index (χ1v) is 9.47. The maximum absolute atomic E-state index is 12.2. The molecular weight excluding hydrogens is 416 g/mol. The third-order valence-corrected chi connectivity index (χ3v) is 5.21. The van der Waals surface area contributed by atoms with Crippen molar-refractivity contribution in [2.45, 2.75) is 11.7 Å². The first-order valence-electron chi connectivity index (χ1n) is 7.80. The molecule has 0 saturated carbocycles. The minimum absolute atomic E-state index is 0.0548. The van der Waals surface area contributed by atoms with E-state index in [9.17, 15) is 9.59 Å². The lowest BCUT2D eigenvalue weighted by atomic mass is 10.2.